The number of fused-ring (bicyclic) bond motifs is 1. The monoisotopic (exact) mass is 395 g/mol. The van der Waals surface area contributed by atoms with E-state index in [2.05, 4.69) is 15.6 Å². The van der Waals surface area contributed by atoms with Gasteiger partial charge in [-0.3, -0.25) is 4.99 Å². The Hall–Kier alpha value is -1.66. The Morgan fingerprint density at radius 2 is 2.07 bits per heavy atom. The maximum atomic E-state index is 6.31. The molecule has 0 atom stereocenters. The largest absolute Gasteiger partial charge is 0.486 e. The van der Waals surface area contributed by atoms with Crippen molar-refractivity contribution in [2.24, 2.45) is 10.4 Å². The molecule has 150 valence electrons. The molecule has 0 spiro atoms. The Balaban J connectivity index is 1.47. The van der Waals surface area contributed by atoms with Crippen LogP contribution in [0.1, 0.15) is 31.2 Å². The van der Waals surface area contributed by atoms with E-state index < -0.39 is 0 Å². The lowest BCUT2D eigenvalue weighted by Gasteiger charge is -2.42. The van der Waals surface area contributed by atoms with Gasteiger partial charge in [-0.2, -0.15) is 0 Å². The third kappa shape index (κ3) is 5.20. The summed E-state index contributed by atoms with van der Waals surface area (Å²) in [5, 5.41) is 7.47. The molecule has 0 saturated heterocycles. The van der Waals surface area contributed by atoms with Crippen molar-refractivity contribution in [3.05, 3.63) is 22.7 Å². The predicted molar refractivity (Wildman–Crippen MR) is 108 cm³/mol. The molecule has 1 aromatic carbocycles. The Bertz CT molecular complexity index is 662. The highest BCUT2D eigenvalue weighted by molar-refractivity contribution is 6.32. The molecule has 2 aliphatic rings. The van der Waals surface area contributed by atoms with Gasteiger partial charge >= 0.3 is 0 Å². The molecule has 1 aromatic rings. The minimum atomic E-state index is 0.358. The van der Waals surface area contributed by atoms with Gasteiger partial charge < -0.3 is 24.8 Å². The van der Waals surface area contributed by atoms with Gasteiger partial charge in [0, 0.05) is 33.9 Å². The van der Waals surface area contributed by atoms with Crippen molar-refractivity contribution in [1.82, 2.24) is 10.6 Å². The minimum Gasteiger partial charge on any atom is -0.486 e. The molecule has 0 aromatic heterocycles. The topological polar surface area (TPSA) is 64.1 Å². The van der Waals surface area contributed by atoms with Crippen LogP contribution in [-0.2, 0) is 11.2 Å². The highest BCUT2D eigenvalue weighted by Crippen LogP contribution is 2.43. The van der Waals surface area contributed by atoms with Crippen LogP contribution in [0.5, 0.6) is 11.5 Å². The minimum absolute atomic E-state index is 0.358. The van der Waals surface area contributed by atoms with E-state index in [0.29, 0.717) is 29.4 Å². The van der Waals surface area contributed by atoms with Gasteiger partial charge in [0.2, 0.25) is 0 Å². The van der Waals surface area contributed by atoms with Gasteiger partial charge in [-0.1, -0.05) is 18.0 Å². The van der Waals surface area contributed by atoms with Crippen LogP contribution in [0, 0.1) is 5.41 Å². The Morgan fingerprint density at radius 3 is 2.78 bits per heavy atom. The normalized spacial score (nSPS) is 18.0. The van der Waals surface area contributed by atoms with Crippen LogP contribution in [0.4, 0.5) is 0 Å². The quantitative estimate of drug-likeness (QED) is 0.523. The maximum Gasteiger partial charge on any atom is 0.191 e. The first-order valence-corrected chi connectivity index (χ1v) is 10.0. The number of rotatable bonds is 8. The molecule has 1 saturated carbocycles. The maximum absolute atomic E-state index is 6.31. The van der Waals surface area contributed by atoms with E-state index in [0.717, 1.165) is 49.8 Å². The number of nitrogens with one attached hydrogen (secondary N) is 2. The molecule has 1 aliphatic carbocycles. The molecule has 1 heterocycles. The fourth-order valence-electron chi connectivity index (χ4n) is 3.64. The highest BCUT2D eigenvalue weighted by Gasteiger charge is 2.36. The van der Waals surface area contributed by atoms with Crippen LogP contribution in [-0.4, -0.2) is 53.0 Å². The smallest absolute Gasteiger partial charge is 0.191 e. The second-order valence-corrected chi connectivity index (χ2v) is 7.71. The number of hydrogen-bond acceptors (Lipinski definition) is 4. The number of halogens is 1. The summed E-state index contributed by atoms with van der Waals surface area (Å²) >= 11 is 6.31. The lowest BCUT2D eigenvalue weighted by Crippen LogP contribution is -2.47. The zero-order valence-corrected chi connectivity index (χ0v) is 17.0. The van der Waals surface area contributed by atoms with E-state index in [-0.39, 0.29) is 0 Å². The Labute approximate surface area is 166 Å². The van der Waals surface area contributed by atoms with Crippen LogP contribution in [0.25, 0.3) is 0 Å². The van der Waals surface area contributed by atoms with Crippen LogP contribution in [0.15, 0.2) is 17.1 Å². The molecule has 6 nitrogen and oxygen atoms in total. The van der Waals surface area contributed by atoms with E-state index in [9.17, 15) is 0 Å². The Kier molecular flexibility index (Phi) is 7.07. The van der Waals surface area contributed by atoms with E-state index in [4.69, 9.17) is 25.8 Å². The molecule has 1 fully saturated rings. The summed E-state index contributed by atoms with van der Waals surface area (Å²) in [6.45, 7) is 3.62. The number of hydrogen-bond donors (Lipinski definition) is 2. The molecule has 27 heavy (non-hydrogen) atoms. The first-order valence-electron chi connectivity index (χ1n) is 9.67. The van der Waals surface area contributed by atoms with E-state index in [1.165, 1.54) is 19.3 Å². The first kappa shape index (κ1) is 20.1. The average molecular weight is 396 g/mol. The molecule has 0 bridgehead atoms. The van der Waals surface area contributed by atoms with Crippen LogP contribution in [0.3, 0.4) is 0 Å². The third-order valence-electron chi connectivity index (χ3n) is 5.47. The highest BCUT2D eigenvalue weighted by atomic mass is 35.5. The number of nitrogens with zero attached hydrogens (tertiary/aromatic N) is 1. The second-order valence-electron chi connectivity index (χ2n) is 7.30. The molecule has 1 aliphatic heterocycles. The first-order chi connectivity index (χ1) is 13.2. The SMILES string of the molecule is CN=C(NCCc1cc(Cl)c2c(c1)OCCO2)NCC1(CCOC)CCC1. The fourth-order valence-corrected chi connectivity index (χ4v) is 3.92. The molecule has 0 radical (unpaired) electrons. The van der Waals surface area contributed by atoms with Crippen LogP contribution >= 0.6 is 11.6 Å². The molecule has 2 N–H and O–H groups in total. The number of benzene rings is 1. The average Bonchev–Trinajstić information content (AvgIpc) is 2.65. The van der Waals surface area contributed by atoms with Crippen molar-refractivity contribution in [3.8, 4) is 11.5 Å². The van der Waals surface area contributed by atoms with Gasteiger partial charge in [-0.05, 0) is 48.8 Å². The summed E-state index contributed by atoms with van der Waals surface area (Å²) in [7, 11) is 3.57. The lowest BCUT2D eigenvalue weighted by atomic mass is 9.67. The Morgan fingerprint density at radius 1 is 1.26 bits per heavy atom. The number of ether oxygens (including phenoxy) is 3. The predicted octanol–water partition coefficient (Wildman–Crippen LogP) is 3.03. The van der Waals surface area contributed by atoms with Gasteiger partial charge in [-0.25, -0.2) is 0 Å². The number of aliphatic imine (C=N–C) groups is 1. The van der Waals surface area contributed by atoms with Crippen LogP contribution in [0.2, 0.25) is 5.02 Å². The van der Waals surface area contributed by atoms with E-state index >= 15 is 0 Å². The second kappa shape index (κ2) is 9.51. The van der Waals surface area contributed by atoms with Crippen molar-refractivity contribution in [2.45, 2.75) is 32.1 Å². The summed E-state index contributed by atoms with van der Waals surface area (Å²) in [5.41, 5.74) is 1.47. The molecule has 3 rings (SSSR count). The standard InChI is InChI=1S/C20H30ClN3O3/c1-22-19(24-14-20(5-3-6-20)7-9-25-2)23-8-4-15-12-16(21)18-17(13-15)26-10-11-27-18/h12-13H,3-11,14H2,1-2H3,(H2,22,23,24). The van der Waals surface area contributed by atoms with Crippen molar-refractivity contribution in [3.63, 3.8) is 0 Å². The summed E-state index contributed by atoms with van der Waals surface area (Å²) < 4.78 is 16.5. The number of methoxy groups -OCH3 is 1. The van der Waals surface area contributed by atoms with Crippen molar-refractivity contribution >= 4 is 17.6 Å². The summed E-state index contributed by atoms with van der Waals surface area (Å²) in [4.78, 5) is 4.34. The van der Waals surface area contributed by atoms with E-state index in [1.54, 1.807) is 14.2 Å². The molecular formula is C20H30ClN3O3. The van der Waals surface area contributed by atoms with Crippen molar-refractivity contribution < 1.29 is 14.2 Å². The fraction of sp³-hybridized carbons (Fsp3) is 0.650. The summed E-state index contributed by atoms with van der Waals surface area (Å²) in [6.07, 6.45) is 5.75. The zero-order chi connectivity index (χ0) is 19.1. The summed E-state index contributed by atoms with van der Waals surface area (Å²) in [5.74, 6) is 2.22. The molecule has 0 amide bonds. The molecule has 7 heteroatoms. The van der Waals surface area contributed by atoms with Gasteiger partial charge in [-0.15, -0.1) is 0 Å². The number of guanidine groups is 1. The van der Waals surface area contributed by atoms with Gasteiger partial charge in [0.15, 0.2) is 17.5 Å². The van der Waals surface area contributed by atoms with Gasteiger partial charge in [0.1, 0.15) is 13.2 Å². The molecule has 0 unspecified atom stereocenters. The van der Waals surface area contributed by atoms with Crippen molar-refractivity contribution in [1.29, 1.82) is 0 Å². The van der Waals surface area contributed by atoms with Crippen molar-refractivity contribution in [2.75, 3.05) is 47.1 Å². The zero-order valence-electron chi connectivity index (χ0n) is 16.3. The molecular weight excluding hydrogens is 366 g/mol. The lowest BCUT2D eigenvalue weighted by molar-refractivity contribution is 0.0732. The van der Waals surface area contributed by atoms with Gasteiger partial charge in [0.05, 0.1) is 5.02 Å². The van der Waals surface area contributed by atoms with Gasteiger partial charge in [0.25, 0.3) is 0 Å². The summed E-state index contributed by atoms with van der Waals surface area (Å²) in [6, 6.07) is 3.95. The third-order valence-corrected chi connectivity index (χ3v) is 5.75. The van der Waals surface area contributed by atoms with Crippen LogP contribution < -0.4 is 20.1 Å². The van der Waals surface area contributed by atoms with E-state index in [1.807, 2.05) is 12.1 Å².